The van der Waals surface area contributed by atoms with E-state index in [9.17, 15) is 28.2 Å². The van der Waals surface area contributed by atoms with Gasteiger partial charge in [0.15, 0.2) is 0 Å². The Hall–Kier alpha value is -3.20. The molecule has 5 nitrogen and oxygen atoms in total. The first kappa shape index (κ1) is 21.0. The first-order valence-electron chi connectivity index (χ1n) is 9.20. The van der Waals surface area contributed by atoms with Crippen molar-refractivity contribution in [2.45, 2.75) is 29.7 Å². The van der Waals surface area contributed by atoms with Crippen molar-refractivity contribution in [2.24, 2.45) is 4.99 Å². The summed E-state index contributed by atoms with van der Waals surface area (Å²) in [4.78, 5) is 17.3. The second kappa shape index (κ2) is 7.81. The minimum Gasteiger partial charge on any atom is -0.508 e. The number of phenols is 1. The van der Waals surface area contributed by atoms with Crippen molar-refractivity contribution in [1.82, 2.24) is 0 Å². The number of halogens is 3. The molecule has 31 heavy (non-hydrogen) atoms. The summed E-state index contributed by atoms with van der Waals surface area (Å²) >= 11 is 1.29. The average Bonchev–Trinajstić information content (AvgIpc) is 2.86. The standard InChI is InChI=1S/C22H16F3NO4S/c1-11-8-17(28)20(21(29)30-11)16-10-19(12-2-5-14(27)6-3-12)31-18-7-4-13(22(23,24)25)9-15(18)26-16/h2-9,19,27-28H,10H2,1H3/t19-/m1/s1. The molecule has 2 aromatic carbocycles. The van der Waals surface area contributed by atoms with Gasteiger partial charge in [-0.1, -0.05) is 12.1 Å². The molecule has 2 N–H and O–H groups in total. The quantitative estimate of drug-likeness (QED) is 0.524. The minimum absolute atomic E-state index is 0.0514. The van der Waals surface area contributed by atoms with Crippen LogP contribution in [-0.2, 0) is 6.18 Å². The van der Waals surface area contributed by atoms with Crippen molar-refractivity contribution < 1.29 is 27.8 Å². The van der Waals surface area contributed by atoms with E-state index >= 15 is 0 Å². The number of phenolic OH excluding ortho intramolecular Hbond substituents is 1. The van der Waals surface area contributed by atoms with Crippen LogP contribution in [0.15, 0.2) is 67.6 Å². The van der Waals surface area contributed by atoms with Gasteiger partial charge in [-0.15, -0.1) is 11.8 Å². The second-order valence-corrected chi connectivity index (χ2v) is 8.29. The third kappa shape index (κ3) is 4.32. The van der Waals surface area contributed by atoms with Crippen LogP contribution in [0.1, 0.15) is 34.1 Å². The molecule has 1 aliphatic heterocycles. The predicted octanol–water partition coefficient (Wildman–Crippen LogP) is 5.74. The van der Waals surface area contributed by atoms with Gasteiger partial charge in [-0.3, -0.25) is 4.99 Å². The van der Waals surface area contributed by atoms with Crippen LogP contribution in [0, 0.1) is 6.92 Å². The van der Waals surface area contributed by atoms with Gasteiger partial charge in [0.05, 0.1) is 17.0 Å². The molecule has 0 radical (unpaired) electrons. The molecule has 1 aliphatic rings. The Labute approximate surface area is 178 Å². The SMILES string of the molecule is Cc1cc(O)c(C2=Nc3cc(C(F)(F)F)ccc3S[C@@H](c3ccc(O)cc3)C2)c(=O)o1. The smallest absolute Gasteiger partial charge is 0.416 e. The number of hydrogen-bond acceptors (Lipinski definition) is 6. The zero-order valence-corrected chi connectivity index (χ0v) is 16.9. The lowest BCUT2D eigenvalue weighted by Gasteiger charge is -2.16. The van der Waals surface area contributed by atoms with Crippen molar-refractivity contribution in [2.75, 3.05) is 0 Å². The summed E-state index contributed by atoms with van der Waals surface area (Å²) in [7, 11) is 0. The summed E-state index contributed by atoms with van der Waals surface area (Å²) in [6.45, 7) is 1.50. The predicted molar refractivity (Wildman–Crippen MR) is 110 cm³/mol. The van der Waals surface area contributed by atoms with E-state index in [1.807, 2.05) is 0 Å². The molecule has 4 rings (SSSR count). The largest absolute Gasteiger partial charge is 0.508 e. The summed E-state index contributed by atoms with van der Waals surface area (Å²) in [6.07, 6.45) is -4.41. The molecule has 1 aromatic heterocycles. The fourth-order valence-electron chi connectivity index (χ4n) is 3.34. The van der Waals surface area contributed by atoms with Crippen molar-refractivity contribution in [1.29, 1.82) is 0 Å². The molecule has 0 aliphatic carbocycles. The van der Waals surface area contributed by atoms with Gasteiger partial charge >= 0.3 is 11.8 Å². The molecule has 160 valence electrons. The summed E-state index contributed by atoms with van der Waals surface area (Å²) in [5.74, 6) is -0.0784. The Morgan fingerprint density at radius 3 is 2.45 bits per heavy atom. The van der Waals surface area contributed by atoms with Gasteiger partial charge in [0.25, 0.3) is 0 Å². The Morgan fingerprint density at radius 2 is 1.81 bits per heavy atom. The molecule has 0 spiro atoms. The summed E-state index contributed by atoms with van der Waals surface area (Å²) in [5.41, 5.74) is -0.913. The van der Waals surface area contributed by atoms with E-state index in [0.29, 0.717) is 4.90 Å². The fraction of sp³-hybridized carbons (Fsp3) is 0.182. The highest BCUT2D eigenvalue weighted by atomic mass is 32.2. The van der Waals surface area contributed by atoms with E-state index in [1.165, 1.54) is 43.0 Å². The molecule has 1 atom stereocenters. The highest BCUT2D eigenvalue weighted by molar-refractivity contribution is 7.99. The monoisotopic (exact) mass is 447 g/mol. The van der Waals surface area contributed by atoms with Gasteiger partial charge in [-0.2, -0.15) is 13.2 Å². The Kier molecular flexibility index (Phi) is 5.30. The fourth-order valence-corrected chi connectivity index (χ4v) is 4.55. The first-order valence-corrected chi connectivity index (χ1v) is 10.1. The van der Waals surface area contributed by atoms with E-state index in [-0.39, 0.29) is 45.9 Å². The van der Waals surface area contributed by atoms with Crippen LogP contribution >= 0.6 is 11.8 Å². The van der Waals surface area contributed by atoms with Crippen LogP contribution in [-0.4, -0.2) is 15.9 Å². The zero-order chi connectivity index (χ0) is 22.3. The molecular weight excluding hydrogens is 431 g/mol. The minimum atomic E-state index is -4.55. The number of aromatic hydroxyl groups is 2. The molecule has 0 fully saturated rings. The van der Waals surface area contributed by atoms with E-state index < -0.39 is 17.4 Å². The maximum Gasteiger partial charge on any atom is 0.416 e. The van der Waals surface area contributed by atoms with Gasteiger partial charge in [-0.05, 0) is 42.8 Å². The van der Waals surface area contributed by atoms with Crippen molar-refractivity contribution >= 4 is 23.2 Å². The zero-order valence-electron chi connectivity index (χ0n) is 16.1. The second-order valence-electron chi connectivity index (χ2n) is 7.05. The lowest BCUT2D eigenvalue weighted by Crippen LogP contribution is -2.17. The van der Waals surface area contributed by atoms with E-state index in [4.69, 9.17) is 4.42 Å². The van der Waals surface area contributed by atoms with Gasteiger partial charge in [0.1, 0.15) is 22.8 Å². The molecule has 3 aromatic rings. The summed E-state index contributed by atoms with van der Waals surface area (Å²) < 4.78 is 44.8. The molecule has 0 saturated heterocycles. The van der Waals surface area contributed by atoms with Gasteiger partial charge in [0.2, 0.25) is 0 Å². The van der Waals surface area contributed by atoms with E-state index in [2.05, 4.69) is 4.99 Å². The van der Waals surface area contributed by atoms with E-state index in [1.54, 1.807) is 12.1 Å². The van der Waals surface area contributed by atoms with Gasteiger partial charge < -0.3 is 14.6 Å². The normalized spacial score (nSPS) is 16.4. The van der Waals surface area contributed by atoms with Crippen molar-refractivity contribution in [3.8, 4) is 11.5 Å². The van der Waals surface area contributed by atoms with Crippen LogP contribution in [0.3, 0.4) is 0 Å². The number of aliphatic imine (C=N–C) groups is 1. The number of nitrogens with zero attached hydrogens (tertiary/aromatic N) is 1. The average molecular weight is 447 g/mol. The number of benzene rings is 2. The maximum atomic E-state index is 13.2. The Bertz CT molecular complexity index is 1230. The first-order chi connectivity index (χ1) is 14.6. The summed E-state index contributed by atoms with van der Waals surface area (Å²) in [6, 6.07) is 10.9. The van der Waals surface area contributed by atoms with E-state index in [0.717, 1.165) is 17.7 Å². The third-order valence-corrected chi connectivity index (χ3v) is 6.12. The van der Waals surface area contributed by atoms with Crippen LogP contribution < -0.4 is 5.63 Å². The van der Waals surface area contributed by atoms with Gasteiger partial charge in [-0.25, -0.2) is 4.79 Å². The number of aryl methyl sites for hydroxylation is 1. The molecule has 2 heterocycles. The molecule has 0 amide bonds. The molecule has 0 saturated carbocycles. The highest BCUT2D eigenvalue weighted by Crippen LogP contribution is 2.47. The van der Waals surface area contributed by atoms with Crippen molar-refractivity contribution in [3.63, 3.8) is 0 Å². The number of rotatable bonds is 2. The van der Waals surface area contributed by atoms with Crippen molar-refractivity contribution in [3.05, 3.63) is 81.4 Å². The third-order valence-electron chi connectivity index (χ3n) is 4.80. The van der Waals surface area contributed by atoms with Crippen LogP contribution in [0.2, 0.25) is 0 Å². The molecule has 9 heteroatoms. The van der Waals surface area contributed by atoms with Crippen LogP contribution in [0.4, 0.5) is 18.9 Å². The molecule has 0 unspecified atom stereocenters. The highest BCUT2D eigenvalue weighted by Gasteiger charge is 2.33. The van der Waals surface area contributed by atoms with Crippen LogP contribution in [0.25, 0.3) is 0 Å². The number of thioether (sulfide) groups is 1. The Balaban J connectivity index is 1.90. The number of fused-ring (bicyclic) bond motifs is 1. The summed E-state index contributed by atoms with van der Waals surface area (Å²) in [5, 5.41) is 19.6. The molecule has 0 bridgehead atoms. The lowest BCUT2D eigenvalue weighted by molar-refractivity contribution is -0.137. The van der Waals surface area contributed by atoms with Crippen LogP contribution in [0.5, 0.6) is 11.5 Å². The Morgan fingerprint density at radius 1 is 1.10 bits per heavy atom. The molecular formula is C22H16F3NO4S. The number of alkyl halides is 3. The topological polar surface area (TPSA) is 83.0 Å². The number of hydrogen-bond donors (Lipinski definition) is 2. The maximum absolute atomic E-state index is 13.2. The lowest BCUT2D eigenvalue weighted by atomic mass is 10.0. The van der Waals surface area contributed by atoms with Gasteiger partial charge in [0, 0.05) is 22.6 Å².